The lowest BCUT2D eigenvalue weighted by Crippen LogP contribution is -2.58. The van der Waals surface area contributed by atoms with E-state index in [-0.39, 0.29) is 12.4 Å². The van der Waals surface area contributed by atoms with Gasteiger partial charge in [0.2, 0.25) is 12.0 Å². The Morgan fingerprint density at radius 1 is 1.03 bits per heavy atom. The highest BCUT2D eigenvalue weighted by molar-refractivity contribution is 7.10. The molecule has 0 bridgehead atoms. The summed E-state index contributed by atoms with van der Waals surface area (Å²) in [4.78, 5) is 47.8. The third-order valence-corrected chi connectivity index (χ3v) is 5.27. The van der Waals surface area contributed by atoms with Crippen LogP contribution in [0.1, 0.15) is 32.6 Å². The van der Waals surface area contributed by atoms with Gasteiger partial charge in [-0.15, -0.1) is 11.3 Å². The second-order valence-electron chi connectivity index (χ2n) is 6.99. The Hall–Kier alpha value is -2.92. The van der Waals surface area contributed by atoms with Crippen LogP contribution in [0.15, 0.2) is 23.3 Å². The quantitative estimate of drug-likeness (QED) is 0.241. The molecule has 1 aliphatic heterocycles. The van der Waals surface area contributed by atoms with Gasteiger partial charge in [0.15, 0.2) is 6.10 Å². The zero-order chi connectivity index (χ0) is 23.8. The largest absolute Gasteiger partial charge is 0.463 e. The van der Waals surface area contributed by atoms with Gasteiger partial charge in [-0.1, -0.05) is 13.0 Å². The van der Waals surface area contributed by atoms with E-state index < -0.39 is 54.4 Å². The molecule has 0 N–H and O–H groups in total. The van der Waals surface area contributed by atoms with Crippen LogP contribution in [0.3, 0.4) is 0 Å². The summed E-state index contributed by atoms with van der Waals surface area (Å²) in [6.45, 7) is 4.97. The van der Waals surface area contributed by atoms with Crippen molar-refractivity contribution in [1.82, 2.24) is 0 Å². The van der Waals surface area contributed by atoms with E-state index in [0.29, 0.717) is 0 Å². The number of carbonyl (C=O) groups excluding carboxylic acids is 4. The van der Waals surface area contributed by atoms with Gasteiger partial charge in [0.25, 0.3) is 0 Å². The SMILES string of the molecule is COC(=O)/C(=C/c1cccs1)O[C@H]1O[C@@H](COC(C)=O)[C@H](OC(C)=O)[C@@H](OC(C)=O)[C@@H]1C. The molecule has 2 rings (SSSR count). The molecule has 1 saturated heterocycles. The minimum absolute atomic E-state index is 0.134. The fourth-order valence-corrected chi connectivity index (χ4v) is 3.72. The molecule has 0 amide bonds. The lowest BCUT2D eigenvalue weighted by Gasteiger charge is -2.43. The normalized spacial score (nSPS) is 25.4. The number of esters is 4. The van der Waals surface area contributed by atoms with Crippen LogP contribution in [0.2, 0.25) is 0 Å². The van der Waals surface area contributed by atoms with E-state index in [1.807, 2.05) is 5.38 Å². The molecule has 1 aromatic heterocycles. The first kappa shape index (κ1) is 25.3. The average molecular weight is 470 g/mol. The molecule has 10 nitrogen and oxygen atoms in total. The van der Waals surface area contributed by atoms with Crippen molar-refractivity contribution in [3.05, 3.63) is 28.1 Å². The molecule has 1 fully saturated rings. The highest BCUT2D eigenvalue weighted by atomic mass is 32.1. The number of rotatable bonds is 8. The summed E-state index contributed by atoms with van der Waals surface area (Å²) in [5, 5.41) is 1.83. The zero-order valence-corrected chi connectivity index (χ0v) is 19.2. The third-order valence-electron chi connectivity index (χ3n) is 4.45. The molecule has 0 unspecified atom stereocenters. The molecule has 0 radical (unpaired) electrons. The summed E-state index contributed by atoms with van der Waals surface area (Å²) in [6.07, 6.45) is -2.69. The molecule has 32 heavy (non-hydrogen) atoms. The van der Waals surface area contributed by atoms with Crippen molar-refractivity contribution >= 4 is 41.3 Å². The number of methoxy groups -OCH3 is 1. The Morgan fingerprint density at radius 2 is 1.69 bits per heavy atom. The van der Waals surface area contributed by atoms with Gasteiger partial charge >= 0.3 is 23.9 Å². The van der Waals surface area contributed by atoms with E-state index in [4.69, 9.17) is 28.4 Å². The van der Waals surface area contributed by atoms with Gasteiger partial charge in [0.1, 0.15) is 18.8 Å². The lowest BCUT2D eigenvalue weighted by atomic mass is 9.92. The standard InChI is InChI=1S/C21H26O10S/c1-11-18(28-13(3)23)19(29-14(4)24)17(10-27-12(2)22)31-21(11)30-16(20(25)26-5)9-15-7-6-8-32-15/h6-9,11,17-19,21H,10H2,1-5H3/b16-9-/t11-,17-,18-,19-,21-/m0/s1. The van der Waals surface area contributed by atoms with Gasteiger partial charge in [0, 0.05) is 31.7 Å². The predicted molar refractivity (Wildman–Crippen MR) is 111 cm³/mol. The smallest absolute Gasteiger partial charge is 0.373 e. The molecular weight excluding hydrogens is 444 g/mol. The maximum atomic E-state index is 12.3. The van der Waals surface area contributed by atoms with Gasteiger partial charge < -0.3 is 28.4 Å². The number of ether oxygens (including phenoxy) is 6. The van der Waals surface area contributed by atoms with E-state index in [0.717, 1.165) is 4.88 Å². The van der Waals surface area contributed by atoms with Gasteiger partial charge in [-0.05, 0) is 11.4 Å². The highest BCUT2D eigenvalue weighted by Gasteiger charge is 2.49. The van der Waals surface area contributed by atoms with Gasteiger partial charge in [-0.2, -0.15) is 0 Å². The molecule has 0 spiro atoms. The summed E-state index contributed by atoms with van der Waals surface area (Å²) < 4.78 is 32.3. The third kappa shape index (κ3) is 7.06. The van der Waals surface area contributed by atoms with Crippen LogP contribution in [0, 0.1) is 5.92 Å². The van der Waals surface area contributed by atoms with Gasteiger partial charge in [0.05, 0.1) is 13.0 Å². The summed E-state index contributed by atoms with van der Waals surface area (Å²) in [6, 6.07) is 3.59. The van der Waals surface area contributed by atoms with E-state index in [9.17, 15) is 19.2 Å². The molecule has 1 aliphatic rings. The van der Waals surface area contributed by atoms with Crippen molar-refractivity contribution in [2.45, 2.75) is 52.3 Å². The summed E-state index contributed by atoms with van der Waals surface area (Å²) in [7, 11) is 1.21. The first-order valence-electron chi connectivity index (χ1n) is 9.75. The van der Waals surface area contributed by atoms with Crippen molar-refractivity contribution in [3.8, 4) is 0 Å². The highest BCUT2D eigenvalue weighted by Crippen LogP contribution is 2.33. The summed E-state index contributed by atoms with van der Waals surface area (Å²) >= 11 is 1.38. The van der Waals surface area contributed by atoms with Crippen molar-refractivity contribution in [3.63, 3.8) is 0 Å². The molecule has 0 aliphatic carbocycles. The van der Waals surface area contributed by atoms with Crippen LogP contribution in [0.5, 0.6) is 0 Å². The van der Waals surface area contributed by atoms with Crippen LogP contribution in [-0.2, 0) is 47.6 Å². The first-order valence-corrected chi connectivity index (χ1v) is 10.6. The number of hydrogen-bond acceptors (Lipinski definition) is 11. The van der Waals surface area contributed by atoms with Crippen molar-refractivity contribution in [1.29, 1.82) is 0 Å². The minimum atomic E-state index is -1.11. The zero-order valence-electron chi connectivity index (χ0n) is 18.4. The predicted octanol–water partition coefficient (Wildman–Crippen LogP) is 2.07. The first-order chi connectivity index (χ1) is 15.1. The maximum absolute atomic E-state index is 12.3. The Bertz CT molecular complexity index is 847. The summed E-state index contributed by atoms with van der Waals surface area (Å²) in [5.41, 5.74) is 0. The average Bonchev–Trinajstić information content (AvgIpc) is 3.22. The van der Waals surface area contributed by atoms with E-state index in [2.05, 4.69) is 0 Å². The van der Waals surface area contributed by atoms with Crippen molar-refractivity contribution < 1.29 is 47.6 Å². The Labute approximate surface area is 189 Å². The van der Waals surface area contributed by atoms with Gasteiger partial charge in [-0.3, -0.25) is 14.4 Å². The fraction of sp³-hybridized carbons (Fsp3) is 0.524. The molecule has 0 saturated carbocycles. The molecule has 0 aromatic carbocycles. The van der Waals surface area contributed by atoms with Crippen LogP contribution in [-0.4, -0.2) is 62.2 Å². The van der Waals surface area contributed by atoms with Crippen LogP contribution < -0.4 is 0 Å². The molecule has 5 atom stereocenters. The van der Waals surface area contributed by atoms with Crippen molar-refractivity contribution in [2.24, 2.45) is 5.92 Å². The maximum Gasteiger partial charge on any atom is 0.373 e. The second kappa shape index (κ2) is 11.6. The van der Waals surface area contributed by atoms with E-state index in [1.165, 1.54) is 45.3 Å². The van der Waals surface area contributed by atoms with E-state index >= 15 is 0 Å². The van der Waals surface area contributed by atoms with Crippen LogP contribution in [0.25, 0.3) is 6.08 Å². The molecule has 176 valence electrons. The fourth-order valence-electron chi connectivity index (χ4n) is 3.08. The Balaban J connectivity index is 2.37. The number of carbonyl (C=O) groups is 4. The number of thiophene rings is 1. The van der Waals surface area contributed by atoms with E-state index in [1.54, 1.807) is 19.1 Å². The van der Waals surface area contributed by atoms with Gasteiger partial charge in [-0.25, -0.2) is 4.79 Å². The second-order valence-corrected chi connectivity index (χ2v) is 7.97. The minimum Gasteiger partial charge on any atom is -0.463 e. The van der Waals surface area contributed by atoms with Crippen LogP contribution in [0.4, 0.5) is 0 Å². The molecule has 1 aromatic rings. The van der Waals surface area contributed by atoms with Crippen LogP contribution >= 0.6 is 11.3 Å². The molecule has 11 heteroatoms. The Kier molecular flexibility index (Phi) is 9.21. The molecule has 2 heterocycles. The van der Waals surface area contributed by atoms with Crippen molar-refractivity contribution in [2.75, 3.05) is 13.7 Å². The Morgan fingerprint density at radius 3 is 2.22 bits per heavy atom. The lowest BCUT2D eigenvalue weighted by molar-refractivity contribution is -0.279. The number of hydrogen-bond donors (Lipinski definition) is 0. The topological polar surface area (TPSA) is 124 Å². The molecular formula is C21H26O10S. The monoisotopic (exact) mass is 470 g/mol. The summed E-state index contributed by atoms with van der Waals surface area (Å²) in [5.74, 6) is -3.38.